The molecule has 5 heteroatoms. The summed E-state index contributed by atoms with van der Waals surface area (Å²) in [6, 6.07) is 67.2. The summed E-state index contributed by atoms with van der Waals surface area (Å²) in [6.45, 7) is 0. The molecule has 0 aliphatic heterocycles. The predicted octanol–water partition coefficient (Wildman–Crippen LogP) is 13.2. The van der Waals surface area contributed by atoms with Crippen molar-refractivity contribution in [2.45, 2.75) is 0 Å². The summed E-state index contributed by atoms with van der Waals surface area (Å²) in [6.07, 6.45) is 0. The normalized spacial score (nSPS) is 11.6. The molecule has 11 aromatic rings. The molecule has 0 radical (unpaired) electrons. The Morgan fingerprint density at radius 1 is 0.357 bits per heavy atom. The van der Waals surface area contributed by atoms with Crippen LogP contribution in [0.15, 0.2) is 199 Å². The second-order valence-electron chi connectivity index (χ2n) is 14.0. The Hall–Kier alpha value is -7.63. The molecular formula is C51H32N4O. The van der Waals surface area contributed by atoms with Crippen LogP contribution in [0.1, 0.15) is 0 Å². The van der Waals surface area contributed by atoms with Crippen molar-refractivity contribution in [3.8, 4) is 62.1 Å². The van der Waals surface area contributed by atoms with E-state index in [0.29, 0.717) is 17.5 Å². The number of benzene rings is 8. The minimum Gasteiger partial charge on any atom is -0.455 e. The Balaban J connectivity index is 1.15. The number of hydrogen-bond donors (Lipinski definition) is 0. The van der Waals surface area contributed by atoms with Crippen molar-refractivity contribution in [2.75, 3.05) is 0 Å². The third-order valence-corrected chi connectivity index (χ3v) is 10.7. The van der Waals surface area contributed by atoms with E-state index in [0.717, 1.165) is 88.4 Å². The van der Waals surface area contributed by atoms with Crippen LogP contribution >= 0.6 is 0 Å². The molecule has 56 heavy (non-hydrogen) atoms. The summed E-state index contributed by atoms with van der Waals surface area (Å²) in [5.41, 5.74) is 12.1. The Labute approximate surface area is 322 Å². The summed E-state index contributed by atoms with van der Waals surface area (Å²) < 4.78 is 9.06. The molecule has 0 bridgehead atoms. The van der Waals surface area contributed by atoms with Crippen LogP contribution in [0.3, 0.4) is 0 Å². The third kappa shape index (κ3) is 5.21. The van der Waals surface area contributed by atoms with Gasteiger partial charge in [0.15, 0.2) is 17.5 Å². The molecule has 0 unspecified atom stereocenters. The number of para-hydroxylation sites is 3. The van der Waals surface area contributed by atoms with Crippen molar-refractivity contribution in [3.05, 3.63) is 194 Å². The van der Waals surface area contributed by atoms with Crippen molar-refractivity contribution in [3.63, 3.8) is 0 Å². The molecule has 0 fully saturated rings. The molecule has 0 aliphatic rings. The van der Waals surface area contributed by atoms with Gasteiger partial charge in [0.1, 0.15) is 11.2 Å². The SMILES string of the molecule is c1ccc(-c2cccc(-c3nc(-c4ccccc4)nc(-c4ccccc4-n4c5ccccc5c5c6c(ccc54)oc4c(-c5ccccc5)cccc46)n3)c2)cc1. The summed E-state index contributed by atoms with van der Waals surface area (Å²) >= 11 is 0. The van der Waals surface area contributed by atoms with Crippen LogP contribution < -0.4 is 0 Å². The minimum atomic E-state index is 0.600. The Morgan fingerprint density at radius 2 is 0.929 bits per heavy atom. The minimum absolute atomic E-state index is 0.600. The van der Waals surface area contributed by atoms with Crippen molar-refractivity contribution in [1.82, 2.24) is 19.5 Å². The highest BCUT2D eigenvalue weighted by molar-refractivity contribution is 6.28. The van der Waals surface area contributed by atoms with Gasteiger partial charge in [0.05, 0.1) is 16.7 Å². The number of aromatic nitrogens is 4. The number of nitrogens with zero attached hydrogens (tertiary/aromatic N) is 4. The first-order valence-corrected chi connectivity index (χ1v) is 18.8. The van der Waals surface area contributed by atoms with Crippen LogP contribution in [0.2, 0.25) is 0 Å². The molecule has 0 N–H and O–H groups in total. The van der Waals surface area contributed by atoms with Gasteiger partial charge in [-0.2, -0.15) is 0 Å². The zero-order chi connectivity index (χ0) is 37.0. The lowest BCUT2D eigenvalue weighted by molar-refractivity contribution is 0.670. The van der Waals surface area contributed by atoms with Gasteiger partial charge in [-0.05, 0) is 53.1 Å². The highest BCUT2D eigenvalue weighted by atomic mass is 16.3. The number of fused-ring (bicyclic) bond motifs is 7. The average Bonchev–Trinajstić information content (AvgIpc) is 3.83. The van der Waals surface area contributed by atoms with E-state index in [4.69, 9.17) is 19.4 Å². The fraction of sp³-hybridized carbons (Fsp3) is 0. The Kier molecular flexibility index (Phi) is 7.42. The topological polar surface area (TPSA) is 56.7 Å². The van der Waals surface area contributed by atoms with E-state index in [9.17, 15) is 0 Å². The van der Waals surface area contributed by atoms with E-state index in [2.05, 4.69) is 156 Å². The summed E-state index contributed by atoms with van der Waals surface area (Å²) in [4.78, 5) is 15.5. The largest absolute Gasteiger partial charge is 0.455 e. The molecule has 0 spiro atoms. The second-order valence-corrected chi connectivity index (χ2v) is 14.0. The Bertz CT molecular complexity index is 3240. The van der Waals surface area contributed by atoms with Gasteiger partial charge in [-0.25, -0.2) is 15.0 Å². The van der Waals surface area contributed by atoms with Crippen molar-refractivity contribution in [1.29, 1.82) is 0 Å². The van der Waals surface area contributed by atoms with Crippen LogP contribution in [0.5, 0.6) is 0 Å². The van der Waals surface area contributed by atoms with Gasteiger partial charge in [0, 0.05) is 43.8 Å². The predicted molar refractivity (Wildman–Crippen MR) is 229 cm³/mol. The lowest BCUT2D eigenvalue weighted by atomic mass is 10.0. The highest BCUT2D eigenvalue weighted by Crippen LogP contribution is 2.44. The molecule has 0 saturated carbocycles. The zero-order valence-corrected chi connectivity index (χ0v) is 30.2. The second kappa shape index (κ2) is 13.0. The molecule has 11 rings (SSSR count). The molecule has 3 heterocycles. The maximum absolute atomic E-state index is 6.71. The monoisotopic (exact) mass is 716 g/mol. The fourth-order valence-corrected chi connectivity index (χ4v) is 8.12. The van der Waals surface area contributed by atoms with Gasteiger partial charge in [0.25, 0.3) is 0 Å². The van der Waals surface area contributed by atoms with E-state index in [-0.39, 0.29) is 0 Å². The number of rotatable bonds is 6. The maximum Gasteiger partial charge on any atom is 0.166 e. The molecule has 262 valence electrons. The van der Waals surface area contributed by atoms with Crippen molar-refractivity contribution < 1.29 is 4.42 Å². The van der Waals surface area contributed by atoms with E-state index in [1.165, 1.54) is 0 Å². The lowest BCUT2D eigenvalue weighted by Crippen LogP contribution is -2.03. The van der Waals surface area contributed by atoms with Crippen LogP contribution in [0, 0.1) is 0 Å². The van der Waals surface area contributed by atoms with Gasteiger partial charge in [-0.15, -0.1) is 0 Å². The summed E-state index contributed by atoms with van der Waals surface area (Å²) in [7, 11) is 0. The molecule has 5 nitrogen and oxygen atoms in total. The van der Waals surface area contributed by atoms with E-state index in [1.54, 1.807) is 0 Å². The molecule has 3 aromatic heterocycles. The Morgan fingerprint density at radius 3 is 1.73 bits per heavy atom. The first-order chi connectivity index (χ1) is 27.8. The van der Waals surface area contributed by atoms with Crippen molar-refractivity contribution >= 4 is 43.7 Å². The quantitative estimate of drug-likeness (QED) is 0.172. The summed E-state index contributed by atoms with van der Waals surface area (Å²) in [5.74, 6) is 1.83. The van der Waals surface area contributed by atoms with Gasteiger partial charge < -0.3 is 8.98 Å². The van der Waals surface area contributed by atoms with Gasteiger partial charge in [-0.3, -0.25) is 0 Å². The molecule has 8 aromatic carbocycles. The maximum atomic E-state index is 6.71. The number of furan rings is 1. The van der Waals surface area contributed by atoms with Crippen LogP contribution in [0.25, 0.3) is 106 Å². The van der Waals surface area contributed by atoms with Gasteiger partial charge >= 0.3 is 0 Å². The lowest BCUT2D eigenvalue weighted by Gasteiger charge is -2.14. The van der Waals surface area contributed by atoms with Crippen LogP contribution in [-0.2, 0) is 0 Å². The van der Waals surface area contributed by atoms with E-state index in [1.807, 2.05) is 42.5 Å². The zero-order valence-electron chi connectivity index (χ0n) is 30.2. The van der Waals surface area contributed by atoms with Crippen molar-refractivity contribution in [2.24, 2.45) is 0 Å². The van der Waals surface area contributed by atoms with E-state index < -0.39 is 0 Å². The van der Waals surface area contributed by atoms with Crippen LogP contribution in [-0.4, -0.2) is 19.5 Å². The molecular weight excluding hydrogens is 685 g/mol. The molecule has 0 aliphatic carbocycles. The molecule has 0 amide bonds. The van der Waals surface area contributed by atoms with E-state index >= 15 is 0 Å². The fourth-order valence-electron chi connectivity index (χ4n) is 8.12. The average molecular weight is 717 g/mol. The van der Waals surface area contributed by atoms with Gasteiger partial charge in [-0.1, -0.05) is 158 Å². The summed E-state index contributed by atoms with van der Waals surface area (Å²) in [5, 5.41) is 4.50. The smallest absolute Gasteiger partial charge is 0.166 e. The first-order valence-electron chi connectivity index (χ1n) is 18.8. The van der Waals surface area contributed by atoms with Gasteiger partial charge in [0.2, 0.25) is 0 Å². The highest BCUT2D eigenvalue weighted by Gasteiger charge is 2.23. The molecule has 0 saturated heterocycles. The number of hydrogen-bond acceptors (Lipinski definition) is 4. The first kappa shape index (κ1) is 31.9. The van der Waals surface area contributed by atoms with Crippen LogP contribution in [0.4, 0.5) is 0 Å². The standard InChI is InChI=1S/C51H32N4O/c1-4-16-33(17-5-1)36-22-14-23-37(32-36)50-52-49(35-20-8-3-9-21-35)53-51(54-50)40-25-11-13-29-43(40)55-42-28-12-10-24-39(42)46-44(55)30-31-45-47(46)41-27-15-26-38(48(41)56-45)34-18-6-2-7-19-34/h1-32H. The third-order valence-electron chi connectivity index (χ3n) is 10.7. The molecule has 0 atom stereocenters.